The Morgan fingerprint density at radius 3 is 2.68 bits per heavy atom. The van der Waals surface area contributed by atoms with Gasteiger partial charge in [-0.3, -0.25) is 0 Å². The van der Waals surface area contributed by atoms with Crippen LogP contribution in [0.2, 0.25) is 0 Å². The lowest BCUT2D eigenvalue weighted by molar-refractivity contribution is 0.415. The van der Waals surface area contributed by atoms with Gasteiger partial charge in [0.2, 0.25) is 0 Å². The number of fused-ring (bicyclic) bond motifs is 1. The Labute approximate surface area is 128 Å². The topological polar surface area (TPSA) is 74.8 Å². The molecule has 3 N–H and O–H groups in total. The summed E-state index contributed by atoms with van der Waals surface area (Å²) in [4.78, 5) is 3.16. The predicted octanol–water partition coefficient (Wildman–Crippen LogP) is 3.03. The van der Waals surface area contributed by atoms with Gasteiger partial charge in [0.1, 0.15) is 17.5 Å². The molecule has 0 spiro atoms. The number of nitriles is 1. The average Bonchev–Trinajstić information content (AvgIpc) is 2.90. The second-order valence-corrected chi connectivity index (χ2v) is 4.74. The highest BCUT2D eigenvalue weighted by Crippen LogP contribution is 2.25. The molecule has 0 amide bonds. The van der Waals surface area contributed by atoms with E-state index in [1.165, 1.54) is 0 Å². The van der Waals surface area contributed by atoms with Gasteiger partial charge in [0.25, 0.3) is 0 Å². The molecule has 4 heteroatoms. The first-order chi connectivity index (χ1) is 10.7. The van der Waals surface area contributed by atoms with Gasteiger partial charge in [-0.05, 0) is 30.2 Å². The summed E-state index contributed by atoms with van der Waals surface area (Å²) in [5.41, 5.74) is 9.16. The SMILES string of the molecule is COc1ccc2c(C#N)c(C#Cc3ccccc3N)[nH]c2c1. The molecule has 3 aromatic rings. The highest BCUT2D eigenvalue weighted by molar-refractivity contribution is 5.89. The highest BCUT2D eigenvalue weighted by atomic mass is 16.5. The van der Waals surface area contributed by atoms with Crippen molar-refractivity contribution in [1.29, 1.82) is 5.26 Å². The number of nitrogens with two attached hydrogens (primary N) is 1. The number of aromatic nitrogens is 1. The van der Waals surface area contributed by atoms with E-state index in [4.69, 9.17) is 10.5 Å². The molecule has 0 bridgehead atoms. The molecule has 0 aliphatic carbocycles. The molecule has 0 saturated carbocycles. The molecule has 0 aliphatic heterocycles. The molecule has 106 valence electrons. The first-order valence-corrected chi connectivity index (χ1v) is 6.69. The fraction of sp³-hybridized carbons (Fsp3) is 0.0556. The van der Waals surface area contributed by atoms with Crippen LogP contribution in [0.4, 0.5) is 5.69 Å². The molecule has 0 unspecified atom stereocenters. The predicted molar refractivity (Wildman–Crippen MR) is 86.4 cm³/mol. The van der Waals surface area contributed by atoms with Crippen LogP contribution in [-0.4, -0.2) is 12.1 Å². The molecular weight excluding hydrogens is 274 g/mol. The summed E-state index contributed by atoms with van der Waals surface area (Å²) in [6.45, 7) is 0. The number of H-pyrrole nitrogens is 1. The van der Waals surface area contributed by atoms with Crippen molar-refractivity contribution < 1.29 is 4.74 Å². The van der Waals surface area contributed by atoms with Crippen LogP contribution in [0.3, 0.4) is 0 Å². The van der Waals surface area contributed by atoms with Crippen LogP contribution in [0.1, 0.15) is 16.8 Å². The lowest BCUT2D eigenvalue weighted by atomic mass is 10.1. The van der Waals surface area contributed by atoms with Crippen LogP contribution in [0, 0.1) is 23.2 Å². The van der Waals surface area contributed by atoms with E-state index < -0.39 is 0 Å². The van der Waals surface area contributed by atoms with Crippen molar-refractivity contribution in [3.63, 3.8) is 0 Å². The number of para-hydroxylation sites is 1. The van der Waals surface area contributed by atoms with E-state index in [0.717, 1.165) is 22.2 Å². The van der Waals surface area contributed by atoms with Gasteiger partial charge in [-0.25, -0.2) is 0 Å². The van der Waals surface area contributed by atoms with E-state index in [2.05, 4.69) is 22.9 Å². The number of ether oxygens (including phenoxy) is 1. The van der Waals surface area contributed by atoms with E-state index in [9.17, 15) is 5.26 Å². The Kier molecular flexibility index (Phi) is 3.43. The molecule has 2 aromatic carbocycles. The lowest BCUT2D eigenvalue weighted by Crippen LogP contribution is -1.88. The lowest BCUT2D eigenvalue weighted by Gasteiger charge is -1.97. The number of benzene rings is 2. The number of hydrogen-bond donors (Lipinski definition) is 2. The summed E-state index contributed by atoms with van der Waals surface area (Å²) in [7, 11) is 1.61. The number of nitrogen functional groups attached to an aromatic ring is 1. The fourth-order valence-electron chi connectivity index (χ4n) is 2.25. The van der Waals surface area contributed by atoms with Gasteiger partial charge >= 0.3 is 0 Å². The van der Waals surface area contributed by atoms with Gasteiger partial charge in [0, 0.05) is 22.7 Å². The van der Waals surface area contributed by atoms with Gasteiger partial charge in [-0.1, -0.05) is 18.1 Å². The van der Waals surface area contributed by atoms with Gasteiger partial charge in [0.15, 0.2) is 0 Å². The molecule has 0 saturated heterocycles. The first-order valence-electron chi connectivity index (χ1n) is 6.69. The summed E-state index contributed by atoms with van der Waals surface area (Å²) in [5.74, 6) is 6.73. The molecule has 1 aromatic heterocycles. The third-order valence-corrected chi connectivity index (χ3v) is 3.40. The molecule has 1 heterocycles. The monoisotopic (exact) mass is 287 g/mol. The average molecular weight is 287 g/mol. The van der Waals surface area contributed by atoms with E-state index >= 15 is 0 Å². The van der Waals surface area contributed by atoms with E-state index in [1.807, 2.05) is 36.4 Å². The quantitative estimate of drug-likeness (QED) is 0.533. The smallest absolute Gasteiger partial charge is 0.120 e. The Morgan fingerprint density at radius 2 is 1.95 bits per heavy atom. The number of nitrogens with zero attached hydrogens (tertiary/aromatic N) is 1. The van der Waals surface area contributed by atoms with Gasteiger partial charge in [-0.15, -0.1) is 0 Å². The van der Waals surface area contributed by atoms with Crippen molar-refractivity contribution in [3.8, 4) is 23.7 Å². The zero-order valence-electron chi connectivity index (χ0n) is 12.0. The van der Waals surface area contributed by atoms with Crippen molar-refractivity contribution in [3.05, 3.63) is 59.3 Å². The second-order valence-electron chi connectivity index (χ2n) is 4.74. The van der Waals surface area contributed by atoms with Gasteiger partial charge < -0.3 is 15.5 Å². The third-order valence-electron chi connectivity index (χ3n) is 3.40. The van der Waals surface area contributed by atoms with Crippen LogP contribution >= 0.6 is 0 Å². The van der Waals surface area contributed by atoms with Crippen molar-refractivity contribution in [2.24, 2.45) is 0 Å². The maximum Gasteiger partial charge on any atom is 0.120 e. The third kappa shape index (κ3) is 2.34. The van der Waals surface area contributed by atoms with Crippen LogP contribution in [-0.2, 0) is 0 Å². The number of methoxy groups -OCH3 is 1. The molecule has 0 radical (unpaired) electrons. The van der Waals surface area contributed by atoms with E-state index in [0.29, 0.717) is 16.9 Å². The van der Waals surface area contributed by atoms with Crippen molar-refractivity contribution in [1.82, 2.24) is 4.98 Å². The molecule has 4 nitrogen and oxygen atoms in total. The number of anilines is 1. The highest BCUT2D eigenvalue weighted by Gasteiger charge is 2.10. The maximum atomic E-state index is 9.39. The summed E-state index contributed by atoms with van der Waals surface area (Å²) >= 11 is 0. The number of nitrogens with one attached hydrogen (secondary N) is 1. The van der Waals surface area contributed by atoms with Crippen LogP contribution < -0.4 is 10.5 Å². The van der Waals surface area contributed by atoms with Crippen molar-refractivity contribution in [2.45, 2.75) is 0 Å². The standard InChI is InChI=1S/C18H13N3O/c1-22-13-7-8-14-15(11-19)17(21-18(14)10-13)9-6-12-4-2-3-5-16(12)20/h2-5,7-8,10,21H,20H2,1H3. The molecule has 3 rings (SSSR count). The van der Waals surface area contributed by atoms with E-state index in [1.54, 1.807) is 13.2 Å². The minimum absolute atomic E-state index is 0.527. The van der Waals surface area contributed by atoms with E-state index in [-0.39, 0.29) is 0 Å². The molecule has 0 fully saturated rings. The minimum Gasteiger partial charge on any atom is -0.497 e. The first kappa shape index (κ1) is 13.6. The zero-order valence-corrected chi connectivity index (χ0v) is 12.0. The summed E-state index contributed by atoms with van der Waals surface area (Å²) < 4.78 is 5.19. The van der Waals surface area contributed by atoms with Crippen LogP contribution in [0.15, 0.2) is 42.5 Å². The number of rotatable bonds is 1. The summed E-state index contributed by atoms with van der Waals surface area (Å²) in [5, 5.41) is 10.2. The summed E-state index contributed by atoms with van der Waals surface area (Å²) in [6.07, 6.45) is 0. The largest absolute Gasteiger partial charge is 0.497 e. The van der Waals surface area contributed by atoms with Crippen molar-refractivity contribution in [2.75, 3.05) is 12.8 Å². The normalized spacial score (nSPS) is 9.82. The Bertz CT molecular complexity index is 952. The van der Waals surface area contributed by atoms with Gasteiger partial charge in [0.05, 0.1) is 18.2 Å². The maximum absolute atomic E-state index is 9.39. The fourth-order valence-corrected chi connectivity index (χ4v) is 2.25. The molecule has 0 aliphatic rings. The van der Waals surface area contributed by atoms with Crippen LogP contribution in [0.25, 0.3) is 10.9 Å². The Hall–Kier alpha value is -3.37. The van der Waals surface area contributed by atoms with Crippen LogP contribution in [0.5, 0.6) is 5.75 Å². The minimum atomic E-state index is 0.527. The van der Waals surface area contributed by atoms with Gasteiger partial charge in [-0.2, -0.15) is 5.26 Å². The number of hydrogen-bond acceptors (Lipinski definition) is 3. The molecular formula is C18H13N3O. The number of aromatic amines is 1. The summed E-state index contributed by atoms with van der Waals surface area (Å²) in [6, 6.07) is 15.1. The second kappa shape index (κ2) is 5.55. The Morgan fingerprint density at radius 1 is 1.14 bits per heavy atom. The Balaban J connectivity index is 2.12. The molecule has 22 heavy (non-hydrogen) atoms. The molecule has 0 atom stereocenters. The zero-order chi connectivity index (χ0) is 15.5. The van der Waals surface area contributed by atoms with Crippen molar-refractivity contribution >= 4 is 16.6 Å².